The third-order valence-corrected chi connectivity index (χ3v) is 6.24. The smallest absolute Gasteiger partial charge is 0.307 e. The van der Waals surface area contributed by atoms with Crippen LogP contribution in [-0.2, 0) is 20.7 Å². The molecule has 0 saturated carbocycles. The molecular formula is C25H29N3O5. The van der Waals surface area contributed by atoms with E-state index in [2.05, 4.69) is 5.10 Å². The Hall–Kier alpha value is -3.39. The monoisotopic (exact) mass is 451 g/mol. The number of fused-ring (bicyclic) bond motifs is 1. The van der Waals surface area contributed by atoms with Gasteiger partial charge in [-0.15, -0.1) is 0 Å². The number of hydrogen-bond acceptors (Lipinski definition) is 7. The van der Waals surface area contributed by atoms with Gasteiger partial charge in [0.05, 0.1) is 46.6 Å². The lowest BCUT2D eigenvalue weighted by atomic mass is 9.90. The summed E-state index contributed by atoms with van der Waals surface area (Å²) in [7, 11) is 4.56. The molecule has 8 nitrogen and oxygen atoms in total. The van der Waals surface area contributed by atoms with Crippen molar-refractivity contribution in [2.45, 2.75) is 25.3 Å². The fraction of sp³-hybridized carbons (Fsp3) is 0.400. The Balaban J connectivity index is 1.56. The topological polar surface area (TPSA) is 80.7 Å². The van der Waals surface area contributed by atoms with Gasteiger partial charge >= 0.3 is 5.97 Å². The van der Waals surface area contributed by atoms with Crippen LogP contribution in [0.25, 0.3) is 0 Å². The van der Waals surface area contributed by atoms with Crippen LogP contribution in [-0.4, -0.2) is 68.5 Å². The molecule has 0 aliphatic carbocycles. The van der Waals surface area contributed by atoms with E-state index in [1.165, 1.54) is 7.11 Å². The van der Waals surface area contributed by atoms with Crippen molar-refractivity contribution in [2.75, 3.05) is 41.0 Å². The second kappa shape index (κ2) is 10.0. The first-order valence-corrected chi connectivity index (χ1v) is 11.0. The van der Waals surface area contributed by atoms with Gasteiger partial charge in [-0.05, 0) is 35.2 Å². The summed E-state index contributed by atoms with van der Waals surface area (Å²) in [6.07, 6.45) is 1.60. The predicted molar refractivity (Wildman–Crippen MR) is 124 cm³/mol. The number of hydrogen-bond donors (Lipinski definition) is 0. The molecule has 1 amide bonds. The van der Waals surface area contributed by atoms with Crippen LogP contribution in [0.2, 0.25) is 0 Å². The zero-order chi connectivity index (χ0) is 23.4. The molecule has 0 spiro atoms. The molecule has 4 rings (SSSR count). The molecule has 2 aromatic carbocycles. The van der Waals surface area contributed by atoms with Crippen LogP contribution in [0.1, 0.15) is 35.6 Å². The molecular weight excluding hydrogens is 422 g/mol. The first-order chi connectivity index (χ1) is 16.0. The van der Waals surface area contributed by atoms with Crippen LogP contribution < -0.4 is 9.47 Å². The lowest BCUT2D eigenvalue weighted by Gasteiger charge is -2.37. The van der Waals surface area contributed by atoms with Gasteiger partial charge < -0.3 is 14.2 Å². The minimum atomic E-state index is -0.328. The lowest BCUT2D eigenvalue weighted by molar-refractivity contribution is -0.143. The van der Waals surface area contributed by atoms with Crippen molar-refractivity contribution in [2.24, 2.45) is 5.10 Å². The number of hydrazone groups is 1. The third-order valence-electron chi connectivity index (χ3n) is 6.24. The van der Waals surface area contributed by atoms with Gasteiger partial charge in [0.25, 0.3) is 5.91 Å². The maximum Gasteiger partial charge on any atom is 0.307 e. The summed E-state index contributed by atoms with van der Waals surface area (Å²) in [5.74, 6) is 0.832. The van der Waals surface area contributed by atoms with Crippen molar-refractivity contribution in [1.82, 2.24) is 9.91 Å². The first-order valence-electron chi connectivity index (χ1n) is 11.0. The molecule has 2 aliphatic rings. The minimum absolute atomic E-state index is 0.0836. The molecule has 2 heterocycles. The zero-order valence-electron chi connectivity index (χ0n) is 19.2. The molecule has 1 atom stereocenters. The van der Waals surface area contributed by atoms with E-state index in [-0.39, 0.29) is 30.9 Å². The number of amides is 1. The van der Waals surface area contributed by atoms with E-state index in [1.54, 1.807) is 19.2 Å². The highest BCUT2D eigenvalue weighted by Crippen LogP contribution is 2.39. The van der Waals surface area contributed by atoms with Crippen LogP contribution in [0.15, 0.2) is 47.6 Å². The summed E-state index contributed by atoms with van der Waals surface area (Å²) < 4.78 is 15.9. The van der Waals surface area contributed by atoms with E-state index in [4.69, 9.17) is 14.2 Å². The van der Waals surface area contributed by atoms with Crippen LogP contribution in [0.5, 0.6) is 11.5 Å². The third kappa shape index (κ3) is 4.85. The average molecular weight is 452 g/mol. The Morgan fingerprint density at radius 2 is 1.73 bits per heavy atom. The van der Waals surface area contributed by atoms with Crippen molar-refractivity contribution >= 4 is 17.6 Å². The molecule has 174 valence electrons. The van der Waals surface area contributed by atoms with E-state index in [0.717, 1.165) is 35.2 Å². The number of carbonyl (C=O) groups is 2. The zero-order valence-corrected chi connectivity index (χ0v) is 19.2. The van der Waals surface area contributed by atoms with Gasteiger partial charge in [-0.2, -0.15) is 5.10 Å². The van der Waals surface area contributed by atoms with Gasteiger partial charge in [0, 0.05) is 19.0 Å². The highest BCUT2D eigenvalue weighted by atomic mass is 16.5. The molecule has 8 heteroatoms. The van der Waals surface area contributed by atoms with E-state index < -0.39 is 0 Å². The second-order valence-corrected chi connectivity index (χ2v) is 8.10. The number of carbonyl (C=O) groups excluding carboxylic acids is 2. The molecule has 0 bridgehead atoms. The molecule has 2 aromatic rings. The van der Waals surface area contributed by atoms with Gasteiger partial charge in [0.2, 0.25) is 0 Å². The fourth-order valence-corrected chi connectivity index (χ4v) is 4.48. The van der Waals surface area contributed by atoms with Gasteiger partial charge in [-0.25, -0.2) is 5.01 Å². The molecule has 33 heavy (non-hydrogen) atoms. The predicted octanol–water partition coefficient (Wildman–Crippen LogP) is 2.80. The average Bonchev–Trinajstić information content (AvgIpc) is 3.35. The Morgan fingerprint density at radius 3 is 2.42 bits per heavy atom. The van der Waals surface area contributed by atoms with E-state index in [0.29, 0.717) is 24.6 Å². The molecule has 0 N–H and O–H groups in total. The highest BCUT2D eigenvalue weighted by molar-refractivity contribution is 6.02. The summed E-state index contributed by atoms with van der Waals surface area (Å²) in [6, 6.07) is 13.5. The SMILES string of the molecule is COC(=O)CC1c2cc(OC)c(OC)cc2CCN1CC(=O)N1CCC(c2ccccc2)=N1. The van der Waals surface area contributed by atoms with Crippen LogP contribution in [0.3, 0.4) is 0 Å². The molecule has 0 fully saturated rings. The quantitative estimate of drug-likeness (QED) is 0.603. The maximum atomic E-state index is 13.1. The Bertz CT molecular complexity index is 1050. The van der Waals surface area contributed by atoms with Crippen LogP contribution in [0.4, 0.5) is 0 Å². The molecule has 0 aromatic heterocycles. The number of benzene rings is 2. The van der Waals surface area contributed by atoms with Crippen molar-refractivity contribution in [3.05, 3.63) is 59.2 Å². The molecule has 2 aliphatic heterocycles. The molecule has 0 saturated heterocycles. The lowest BCUT2D eigenvalue weighted by Crippen LogP contribution is -2.43. The van der Waals surface area contributed by atoms with Gasteiger partial charge in [-0.1, -0.05) is 30.3 Å². The van der Waals surface area contributed by atoms with E-state index >= 15 is 0 Å². The summed E-state index contributed by atoms with van der Waals surface area (Å²) in [5, 5.41) is 6.11. The number of esters is 1. The normalized spacial score (nSPS) is 17.8. The number of nitrogens with zero attached hydrogens (tertiary/aromatic N) is 3. The van der Waals surface area contributed by atoms with Crippen molar-refractivity contribution in [3.63, 3.8) is 0 Å². The Kier molecular flexibility index (Phi) is 6.93. The summed E-state index contributed by atoms with van der Waals surface area (Å²) in [6.45, 7) is 1.36. The van der Waals surface area contributed by atoms with Crippen LogP contribution >= 0.6 is 0 Å². The van der Waals surface area contributed by atoms with E-state index in [1.807, 2.05) is 47.4 Å². The minimum Gasteiger partial charge on any atom is -0.493 e. The summed E-state index contributed by atoms with van der Waals surface area (Å²) >= 11 is 0. The van der Waals surface area contributed by atoms with Gasteiger partial charge in [0.15, 0.2) is 11.5 Å². The maximum absolute atomic E-state index is 13.1. The number of ether oxygens (including phenoxy) is 3. The number of rotatable bonds is 7. The largest absolute Gasteiger partial charge is 0.493 e. The summed E-state index contributed by atoms with van der Waals surface area (Å²) in [5.41, 5.74) is 3.97. The first kappa shape index (κ1) is 22.8. The summed E-state index contributed by atoms with van der Waals surface area (Å²) in [4.78, 5) is 27.4. The van der Waals surface area contributed by atoms with Crippen molar-refractivity contribution in [1.29, 1.82) is 0 Å². The van der Waals surface area contributed by atoms with E-state index in [9.17, 15) is 9.59 Å². The molecule has 1 unspecified atom stereocenters. The Labute approximate surface area is 193 Å². The highest BCUT2D eigenvalue weighted by Gasteiger charge is 2.34. The Morgan fingerprint density at radius 1 is 1.00 bits per heavy atom. The van der Waals surface area contributed by atoms with Crippen molar-refractivity contribution < 1.29 is 23.8 Å². The van der Waals surface area contributed by atoms with Crippen LogP contribution in [0, 0.1) is 0 Å². The standard InChI is InChI=1S/C25H29N3O5/c1-31-22-13-18-9-11-27(21(15-25(30)33-3)19(18)14-23(22)32-2)16-24(29)28-12-10-20(26-28)17-7-5-4-6-8-17/h4-8,13-14,21H,9-12,15-16H2,1-3H3. The second-order valence-electron chi connectivity index (χ2n) is 8.10. The number of methoxy groups -OCH3 is 3. The van der Waals surface area contributed by atoms with Crippen molar-refractivity contribution in [3.8, 4) is 11.5 Å². The fourth-order valence-electron chi connectivity index (χ4n) is 4.48. The molecule has 0 radical (unpaired) electrons. The van der Waals surface area contributed by atoms with Gasteiger partial charge in [0.1, 0.15) is 0 Å². The van der Waals surface area contributed by atoms with Gasteiger partial charge in [-0.3, -0.25) is 14.5 Å².